The molecule has 0 aliphatic carbocycles. The fourth-order valence-corrected chi connectivity index (χ4v) is 1.38. The van der Waals surface area contributed by atoms with Gasteiger partial charge in [-0.05, 0) is 31.5 Å². The van der Waals surface area contributed by atoms with Crippen molar-refractivity contribution in [1.82, 2.24) is 5.32 Å². The Labute approximate surface area is 112 Å². The van der Waals surface area contributed by atoms with Crippen molar-refractivity contribution in [3.63, 3.8) is 0 Å². The average Bonchev–Trinajstić information content (AvgIpc) is 2.44. The maximum atomic E-state index is 11.7. The highest BCUT2D eigenvalue weighted by Crippen LogP contribution is 2.13. The van der Waals surface area contributed by atoms with Gasteiger partial charge in [-0.15, -0.1) is 0 Å². The number of carbonyl (C=O) groups is 2. The van der Waals surface area contributed by atoms with Gasteiger partial charge in [0.1, 0.15) is 5.75 Å². The molecule has 0 heterocycles. The molecule has 0 saturated carbocycles. The molecule has 0 spiro atoms. The van der Waals surface area contributed by atoms with Crippen LogP contribution in [0.4, 0.5) is 0 Å². The highest BCUT2D eigenvalue weighted by Gasteiger charge is 2.11. The summed E-state index contributed by atoms with van der Waals surface area (Å²) in [5.41, 5.74) is 0.357. The largest absolute Gasteiger partial charge is 0.497 e. The minimum atomic E-state index is -0.543. The van der Waals surface area contributed by atoms with Gasteiger partial charge in [-0.1, -0.05) is 13.0 Å². The third kappa shape index (κ3) is 4.99. The number of hydrogen-bond acceptors (Lipinski definition) is 4. The van der Waals surface area contributed by atoms with Gasteiger partial charge in [-0.2, -0.15) is 0 Å². The second-order valence-corrected chi connectivity index (χ2v) is 4.18. The lowest BCUT2D eigenvalue weighted by atomic mass is 10.2. The molecule has 5 heteroatoms. The molecule has 0 aliphatic rings. The number of rotatable bonds is 6. The Hall–Kier alpha value is -2.04. The number of nitrogens with one attached hydrogen (secondary N) is 1. The van der Waals surface area contributed by atoms with Crippen LogP contribution < -0.4 is 10.1 Å². The maximum absolute atomic E-state index is 11.7. The number of methoxy groups -OCH3 is 1. The molecular formula is C14H19NO4. The Morgan fingerprint density at radius 2 is 2.11 bits per heavy atom. The van der Waals surface area contributed by atoms with Crippen molar-refractivity contribution in [3.8, 4) is 5.75 Å². The molecule has 1 unspecified atom stereocenters. The van der Waals surface area contributed by atoms with Gasteiger partial charge in [-0.25, -0.2) is 4.79 Å². The van der Waals surface area contributed by atoms with Gasteiger partial charge in [0.15, 0.2) is 6.61 Å². The molecule has 5 nitrogen and oxygen atoms in total. The molecule has 1 rings (SSSR count). The standard InChI is InChI=1S/C14H19NO4/c1-4-10(2)15-13(16)9-19-14(17)11-6-5-7-12(8-11)18-3/h5-8,10H,4,9H2,1-3H3,(H,15,16). The summed E-state index contributed by atoms with van der Waals surface area (Å²) in [4.78, 5) is 23.2. The molecule has 0 aromatic heterocycles. The third-order valence-corrected chi connectivity index (χ3v) is 2.66. The monoisotopic (exact) mass is 265 g/mol. The van der Waals surface area contributed by atoms with Gasteiger partial charge < -0.3 is 14.8 Å². The first kappa shape index (κ1) is 15.0. The first-order valence-corrected chi connectivity index (χ1v) is 6.17. The molecule has 0 bridgehead atoms. The van der Waals surface area contributed by atoms with E-state index in [0.717, 1.165) is 6.42 Å². The van der Waals surface area contributed by atoms with Gasteiger partial charge >= 0.3 is 5.97 Å². The Morgan fingerprint density at radius 1 is 1.37 bits per heavy atom. The first-order valence-electron chi connectivity index (χ1n) is 6.17. The van der Waals surface area contributed by atoms with E-state index in [4.69, 9.17) is 9.47 Å². The van der Waals surface area contributed by atoms with Gasteiger partial charge in [0, 0.05) is 6.04 Å². The predicted octanol–water partition coefficient (Wildman–Crippen LogP) is 1.77. The number of esters is 1. The maximum Gasteiger partial charge on any atom is 0.338 e. The Bertz CT molecular complexity index is 445. The van der Waals surface area contributed by atoms with Gasteiger partial charge in [0.25, 0.3) is 5.91 Å². The molecule has 1 aromatic carbocycles. The summed E-state index contributed by atoms with van der Waals surface area (Å²) >= 11 is 0. The second kappa shape index (κ2) is 7.41. The molecule has 0 aliphatic heterocycles. The van der Waals surface area contributed by atoms with Crippen LogP contribution in [0, 0.1) is 0 Å². The zero-order valence-corrected chi connectivity index (χ0v) is 11.4. The Kier molecular flexibility index (Phi) is 5.85. The van der Waals surface area contributed by atoms with Crippen LogP contribution >= 0.6 is 0 Å². The molecule has 19 heavy (non-hydrogen) atoms. The molecule has 0 fully saturated rings. The predicted molar refractivity (Wildman–Crippen MR) is 71.2 cm³/mol. The van der Waals surface area contributed by atoms with Crippen molar-refractivity contribution in [2.45, 2.75) is 26.3 Å². The van der Waals surface area contributed by atoms with Crippen LogP contribution in [0.1, 0.15) is 30.6 Å². The van der Waals surface area contributed by atoms with Crippen LogP contribution in [0.5, 0.6) is 5.75 Å². The quantitative estimate of drug-likeness (QED) is 0.796. The van der Waals surface area contributed by atoms with E-state index in [-0.39, 0.29) is 18.6 Å². The second-order valence-electron chi connectivity index (χ2n) is 4.18. The van der Waals surface area contributed by atoms with Crippen LogP contribution in [-0.4, -0.2) is 31.6 Å². The lowest BCUT2D eigenvalue weighted by Gasteiger charge is -2.11. The van der Waals surface area contributed by atoms with Crippen molar-refractivity contribution in [3.05, 3.63) is 29.8 Å². The van der Waals surface area contributed by atoms with Crippen LogP contribution in [0.2, 0.25) is 0 Å². The van der Waals surface area contributed by atoms with Crippen molar-refractivity contribution >= 4 is 11.9 Å². The summed E-state index contributed by atoms with van der Waals surface area (Å²) < 4.78 is 9.94. The molecule has 0 saturated heterocycles. The van der Waals surface area contributed by atoms with Crippen LogP contribution in [0.3, 0.4) is 0 Å². The van der Waals surface area contributed by atoms with E-state index in [9.17, 15) is 9.59 Å². The Balaban J connectivity index is 2.48. The lowest BCUT2D eigenvalue weighted by Crippen LogP contribution is -2.35. The number of ether oxygens (including phenoxy) is 2. The van der Waals surface area contributed by atoms with E-state index in [1.54, 1.807) is 24.3 Å². The van der Waals surface area contributed by atoms with E-state index in [0.29, 0.717) is 11.3 Å². The SMILES string of the molecule is CCC(C)NC(=O)COC(=O)c1cccc(OC)c1. The molecule has 0 radical (unpaired) electrons. The summed E-state index contributed by atoms with van der Waals surface area (Å²) in [6, 6.07) is 6.66. The minimum absolute atomic E-state index is 0.0722. The summed E-state index contributed by atoms with van der Waals surface area (Å²) in [5, 5.41) is 2.72. The van der Waals surface area contributed by atoms with E-state index in [2.05, 4.69) is 5.32 Å². The number of amides is 1. The lowest BCUT2D eigenvalue weighted by molar-refractivity contribution is -0.124. The highest BCUT2D eigenvalue weighted by molar-refractivity contribution is 5.91. The van der Waals surface area contributed by atoms with Crippen LogP contribution in [0.15, 0.2) is 24.3 Å². The highest BCUT2D eigenvalue weighted by atomic mass is 16.5. The van der Waals surface area contributed by atoms with E-state index < -0.39 is 5.97 Å². The molecule has 1 aromatic rings. The first-order chi connectivity index (χ1) is 9.06. The molecule has 1 N–H and O–H groups in total. The van der Waals surface area contributed by atoms with Crippen molar-refractivity contribution in [2.75, 3.05) is 13.7 Å². The smallest absolute Gasteiger partial charge is 0.338 e. The minimum Gasteiger partial charge on any atom is -0.497 e. The van der Waals surface area contributed by atoms with Gasteiger partial charge in [0.05, 0.1) is 12.7 Å². The van der Waals surface area contributed by atoms with Crippen molar-refractivity contribution in [1.29, 1.82) is 0 Å². The molecule has 104 valence electrons. The fraction of sp³-hybridized carbons (Fsp3) is 0.429. The van der Waals surface area contributed by atoms with Gasteiger partial charge in [0.2, 0.25) is 0 Å². The summed E-state index contributed by atoms with van der Waals surface area (Å²) in [6.45, 7) is 3.58. The third-order valence-electron chi connectivity index (χ3n) is 2.66. The number of hydrogen-bond donors (Lipinski definition) is 1. The molecule has 1 atom stereocenters. The van der Waals surface area contributed by atoms with Gasteiger partial charge in [-0.3, -0.25) is 4.79 Å². The van der Waals surface area contributed by atoms with E-state index >= 15 is 0 Å². The topological polar surface area (TPSA) is 64.6 Å². The van der Waals surface area contributed by atoms with Crippen LogP contribution in [0.25, 0.3) is 0 Å². The molecule has 1 amide bonds. The van der Waals surface area contributed by atoms with Crippen LogP contribution in [-0.2, 0) is 9.53 Å². The van der Waals surface area contributed by atoms with Crippen molar-refractivity contribution in [2.24, 2.45) is 0 Å². The fourth-order valence-electron chi connectivity index (χ4n) is 1.38. The Morgan fingerprint density at radius 3 is 2.74 bits per heavy atom. The zero-order chi connectivity index (χ0) is 14.3. The average molecular weight is 265 g/mol. The van der Waals surface area contributed by atoms with E-state index in [1.807, 2.05) is 13.8 Å². The summed E-state index contributed by atoms with van der Waals surface area (Å²) in [6.07, 6.45) is 0.829. The van der Waals surface area contributed by atoms with Crippen molar-refractivity contribution < 1.29 is 19.1 Å². The zero-order valence-electron chi connectivity index (χ0n) is 11.4. The number of carbonyl (C=O) groups excluding carboxylic acids is 2. The normalized spacial score (nSPS) is 11.5. The summed E-state index contributed by atoms with van der Waals surface area (Å²) in [5.74, 6) is -0.276. The van der Waals surface area contributed by atoms with E-state index in [1.165, 1.54) is 7.11 Å². The molecular weight excluding hydrogens is 246 g/mol. The number of benzene rings is 1. The summed E-state index contributed by atoms with van der Waals surface area (Å²) in [7, 11) is 1.52.